The van der Waals surface area contributed by atoms with Gasteiger partial charge in [-0.1, -0.05) is 13.8 Å². The van der Waals surface area contributed by atoms with Crippen LogP contribution in [0.5, 0.6) is 0 Å². The quantitative estimate of drug-likeness (QED) is 0.728. The molecule has 0 heterocycles. The molecule has 0 aromatic rings. The second-order valence-electron chi connectivity index (χ2n) is 3.60. The van der Waals surface area contributed by atoms with Crippen LogP contribution in [0.4, 0.5) is 0 Å². The van der Waals surface area contributed by atoms with E-state index in [1.54, 1.807) is 11.8 Å². The number of rotatable bonds is 6. The van der Waals surface area contributed by atoms with Crippen LogP contribution in [-0.4, -0.2) is 42.4 Å². The molecule has 0 aliphatic carbocycles. The minimum Gasteiger partial charge on any atom is -0.342 e. The van der Waals surface area contributed by atoms with E-state index in [4.69, 9.17) is 5.73 Å². The van der Waals surface area contributed by atoms with Gasteiger partial charge in [-0.3, -0.25) is 4.79 Å². The lowest BCUT2D eigenvalue weighted by atomic mass is 10.1. The van der Waals surface area contributed by atoms with E-state index in [2.05, 4.69) is 13.2 Å². The highest BCUT2D eigenvalue weighted by molar-refractivity contribution is 7.98. The molecule has 14 heavy (non-hydrogen) atoms. The average Bonchev–Trinajstić information content (AvgIpc) is 2.22. The van der Waals surface area contributed by atoms with Crippen molar-refractivity contribution in [2.24, 2.45) is 11.7 Å². The first-order valence-electron chi connectivity index (χ1n) is 5.04. The number of hydrogen-bond acceptors (Lipinski definition) is 3. The number of carbonyl (C=O) groups is 1. The van der Waals surface area contributed by atoms with Gasteiger partial charge in [-0.05, 0) is 12.7 Å². The number of hydrogen-bond donors (Lipinski definition) is 1. The third kappa shape index (κ3) is 3.88. The van der Waals surface area contributed by atoms with Gasteiger partial charge in [-0.2, -0.15) is 11.8 Å². The van der Waals surface area contributed by atoms with Crippen LogP contribution in [0.25, 0.3) is 0 Å². The van der Waals surface area contributed by atoms with Crippen LogP contribution in [0, 0.1) is 5.92 Å². The molecule has 4 heteroatoms. The minimum atomic E-state index is -0.0593. The Balaban J connectivity index is 4.25. The number of carbonyl (C=O) groups excluding carboxylic acids is 1. The summed E-state index contributed by atoms with van der Waals surface area (Å²) in [6.07, 6.45) is 3.06. The highest BCUT2D eigenvalue weighted by atomic mass is 32.2. The smallest absolute Gasteiger partial charge is 0.226 e. The van der Waals surface area contributed by atoms with Gasteiger partial charge >= 0.3 is 0 Å². The van der Waals surface area contributed by atoms with Crippen molar-refractivity contribution in [2.45, 2.75) is 26.3 Å². The standard InChI is InChI=1S/C10H22N2OS/c1-5-9(7-14-4)12(3)10(13)8(2)6-11/h8-9H,5-7,11H2,1-4H3. The van der Waals surface area contributed by atoms with Gasteiger partial charge in [0, 0.05) is 31.3 Å². The highest BCUT2D eigenvalue weighted by Gasteiger charge is 2.21. The Labute approximate surface area is 91.4 Å². The molecule has 0 saturated carbocycles. The van der Waals surface area contributed by atoms with E-state index in [-0.39, 0.29) is 11.8 Å². The maximum Gasteiger partial charge on any atom is 0.226 e. The first kappa shape index (κ1) is 13.8. The summed E-state index contributed by atoms with van der Waals surface area (Å²) in [4.78, 5) is 13.6. The van der Waals surface area contributed by atoms with Gasteiger partial charge in [0.1, 0.15) is 0 Å². The van der Waals surface area contributed by atoms with Crippen LogP contribution in [0.3, 0.4) is 0 Å². The summed E-state index contributed by atoms with van der Waals surface area (Å²) in [5, 5.41) is 0. The molecule has 0 aliphatic heterocycles. The molecule has 0 fully saturated rings. The van der Waals surface area contributed by atoms with Crippen LogP contribution in [0.1, 0.15) is 20.3 Å². The predicted molar refractivity (Wildman–Crippen MR) is 63.4 cm³/mol. The normalized spacial score (nSPS) is 14.9. The molecule has 0 aromatic carbocycles. The van der Waals surface area contributed by atoms with Gasteiger partial charge in [0.25, 0.3) is 0 Å². The lowest BCUT2D eigenvalue weighted by molar-refractivity contribution is -0.135. The van der Waals surface area contributed by atoms with Crippen molar-refractivity contribution in [3.05, 3.63) is 0 Å². The summed E-state index contributed by atoms with van der Waals surface area (Å²) in [5.41, 5.74) is 5.47. The van der Waals surface area contributed by atoms with Crippen molar-refractivity contribution < 1.29 is 4.79 Å². The average molecular weight is 218 g/mol. The topological polar surface area (TPSA) is 46.3 Å². The lowest BCUT2D eigenvalue weighted by Crippen LogP contribution is -2.42. The second kappa shape index (κ2) is 7.12. The molecule has 0 saturated heterocycles. The van der Waals surface area contributed by atoms with Gasteiger partial charge in [0.15, 0.2) is 0 Å². The Morgan fingerprint density at radius 3 is 2.50 bits per heavy atom. The summed E-state index contributed by atoms with van der Waals surface area (Å²) in [6, 6.07) is 0.339. The van der Waals surface area contributed by atoms with Gasteiger partial charge in [-0.15, -0.1) is 0 Å². The Hall–Kier alpha value is -0.220. The number of thioether (sulfide) groups is 1. The van der Waals surface area contributed by atoms with Crippen molar-refractivity contribution in [3.8, 4) is 0 Å². The van der Waals surface area contributed by atoms with E-state index < -0.39 is 0 Å². The van der Waals surface area contributed by atoms with Gasteiger partial charge in [0.2, 0.25) is 5.91 Å². The van der Waals surface area contributed by atoms with E-state index in [9.17, 15) is 4.79 Å². The van der Waals surface area contributed by atoms with Crippen molar-refractivity contribution in [2.75, 3.05) is 25.6 Å². The van der Waals surface area contributed by atoms with Crippen LogP contribution in [-0.2, 0) is 4.79 Å². The molecule has 0 rings (SSSR count). The zero-order chi connectivity index (χ0) is 11.1. The first-order chi connectivity index (χ1) is 6.58. The number of nitrogens with zero attached hydrogens (tertiary/aromatic N) is 1. The third-order valence-electron chi connectivity index (χ3n) is 2.50. The lowest BCUT2D eigenvalue weighted by Gasteiger charge is -2.28. The maximum absolute atomic E-state index is 11.8. The molecule has 0 bridgehead atoms. The van der Waals surface area contributed by atoms with E-state index in [0.29, 0.717) is 12.6 Å². The third-order valence-corrected chi connectivity index (χ3v) is 3.22. The molecule has 1 amide bonds. The van der Waals surface area contributed by atoms with Crippen LogP contribution in [0.2, 0.25) is 0 Å². The Morgan fingerprint density at radius 1 is 1.57 bits per heavy atom. The zero-order valence-corrected chi connectivity index (χ0v) is 10.4. The largest absolute Gasteiger partial charge is 0.342 e. The monoisotopic (exact) mass is 218 g/mol. The summed E-state index contributed by atoms with van der Waals surface area (Å²) >= 11 is 1.77. The Bertz CT molecular complexity index is 176. The number of amides is 1. The molecule has 0 spiro atoms. The Morgan fingerprint density at radius 2 is 2.14 bits per heavy atom. The van der Waals surface area contributed by atoms with Crippen molar-refractivity contribution in [1.82, 2.24) is 4.90 Å². The fourth-order valence-electron chi connectivity index (χ4n) is 1.32. The van der Waals surface area contributed by atoms with Crippen molar-refractivity contribution >= 4 is 17.7 Å². The SMILES string of the molecule is CCC(CSC)N(C)C(=O)C(C)CN. The molecule has 0 aliphatic rings. The number of nitrogens with two attached hydrogens (primary N) is 1. The fourth-order valence-corrected chi connectivity index (χ4v) is 2.17. The molecule has 84 valence electrons. The van der Waals surface area contributed by atoms with Crippen molar-refractivity contribution in [1.29, 1.82) is 0 Å². The molecular formula is C10H22N2OS. The van der Waals surface area contributed by atoms with E-state index in [1.807, 2.05) is 18.9 Å². The van der Waals surface area contributed by atoms with Gasteiger partial charge < -0.3 is 10.6 Å². The molecular weight excluding hydrogens is 196 g/mol. The highest BCUT2D eigenvalue weighted by Crippen LogP contribution is 2.11. The predicted octanol–water partition coefficient (Wildman–Crippen LogP) is 1.18. The van der Waals surface area contributed by atoms with Gasteiger partial charge in [0.05, 0.1) is 0 Å². The minimum absolute atomic E-state index is 0.0593. The van der Waals surface area contributed by atoms with Crippen LogP contribution in [0.15, 0.2) is 0 Å². The summed E-state index contributed by atoms with van der Waals surface area (Å²) in [6.45, 7) is 4.42. The molecule has 2 N–H and O–H groups in total. The van der Waals surface area contributed by atoms with Gasteiger partial charge in [-0.25, -0.2) is 0 Å². The van der Waals surface area contributed by atoms with E-state index >= 15 is 0 Å². The molecule has 0 radical (unpaired) electrons. The summed E-state index contributed by atoms with van der Waals surface area (Å²) < 4.78 is 0. The Kier molecular flexibility index (Phi) is 7.01. The maximum atomic E-state index is 11.8. The molecule has 3 nitrogen and oxygen atoms in total. The second-order valence-corrected chi connectivity index (χ2v) is 4.51. The zero-order valence-electron chi connectivity index (χ0n) is 9.62. The van der Waals surface area contributed by atoms with E-state index in [0.717, 1.165) is 12.2 Å². The molecule has 2 unspecified atom stereocenters. The summed E-state index contributed by atoms with van der Waals surface area (Å²) in [5.74, 6) is 1.10. The van der Waals surface area contributed by atoms with Crippen LogP contribution < -0.4 is 5.73 Å². The van der Waals surface area contributed by atoms with Crippen molar-refractivity contribution in [3.63, 3.8) is 0 Å². The summed E-state index contributed by atoms with van der Waals surface area (Å²) in [7, 11) is 1.87. The molecule has 0 aromatic heterocycles. The van der Waals surface area contributed by atoms with Crippen LogP contribution >= 0.6 is 11.8 Å². The van der Waals surface area contributed by atoms with E-state index in [1.165, 1.54) is 0 Å². The fraction of sp³-hybridized carbons (Fsp3) is 0.900. The molecule has 2 atom stereocenters. The first-order valence-corrected chi connectivity index (χ1v) is 6.43.